The van der Waals surface area contributed by atoms with Crippen LogP contribution in [-0.4, -0.2) is 82.5 Å². The van der Waals surface area contributed by atoms with Crippen LogP contribution in [0.4, 0.5) is 25.2 Å². The van der Waals surface area contributed by atoms with E-state index in [1.165, 1.54) is 19.3 Å². The Hall–Kier alpha value is -6.26. The highest BCUT2D eigenvalue weighted by Gasteiger charge is 2.29. The molecule has 6 aromatic rings. The van der Waals surface area contributed by atoms with Gasteiger partial charge in [-0.2, -0.15) is 0 Å². The molecule has 4 atom stereocenters. The van der Waals surface area contributed by atoms with E-state index < -0.39 is 11.6 Å². The normalized spacial score (nSPS) is 19.3. The van der Waals surface area contributed by atoms with Crippen LogP contribution < -0.4 is 26.6 Å². The second kappa shape index (κ2) is 18.1. The highest BCUT2D eigenvalue weighted by Crippen LogP contribution is 2.30. The highest BCUT2D eigenvalue weighted by molar-refractivity contribution is 5.92. The summed E-state index contributed by atoms with van der Waals surface area (Å²) in [4.78, 5) is 55.5. The third-order valence-corrected chi connectivity index (χ3v) is 10.3. The van der Waals surface area contributed by atoms with Crippen LogP contribution in [0.15, 0.2) is 61.4 Å². The Balaban J connectivity index is 0.000000175. The van der Waals surface area contributed by atoms with Crippen molar-refractivity contribution in [1.29, 1.82) is 0 Å². The smallest absolute Gasteiger partial charge is 0.315 e. The zero-order chi connectivity index (χ0) is 39.7. The molecule has 15 nitrogen and oxygen atoms in total. The molecule has 2 saturated carbocycles. The van der Waals surface area contributed by atoms with Gasteiger partial charge in [-0.25, -0.2) is 43.5 Å². The Morgan fingerprint density at radius 1 is 0.702 bits per heavy atom. The van der Waals surface area contributed by atoms with Crippen LogP contribution in [-0.2, 0) is 4.79 Å². The number of rotatable bonds is 10. The molecule has 6 heterocycles. The quantitative estimate of drug-likeness (QED) is 0.0793. The standard InChI is InChI=1S/C21H26FN7O.C19H21FN6O/c1-2-9-24-21(30)28-17-8-4-3-7-16(17)27-20-15(22)12-26-19(29-20)14-11-25-18-13(14)6-5-10-23-18;1-11(27)24-15-6-2-3-7-16(15)25-19-14(20)10-23-18(26-19)13-9-22-17-12(13)5-4-8-21-17/h5-6,10-12,16-17H,2-4,7-9H2,1H3,(H,23,25)(H2,24,28,30)(H,26,27,29);4-5,8-10,15-16H,2-3,6-7H2,1H3,(H,21,22)(H,24,27)(H,23,25,26)/t;15-,16-/m.1/s1. The maximum absolute atomic E-state index is 14.5. The lowest BCUT2D eigenvalue weighted by Gasteiger charge is -2.33. The number of aromatic amines is 2. The van der Waals surface area contributed by atoms with Gasteiger partial charge in [-0.05, 0) is 56.4 Å². The number of H-pyrrole nitrogens is 2. The van der Waals surface area contributed by atoms with Crippen LogP contribution in [0.3, 0.4) is 0 Å². The molecule has 0 aromatic carbocycles. The summed E-state index contributed by atoms with van der Waals surface area (Å²) >= 11 is 0. The molecule has 3 amide bonds. The molecule has 2 aliphatic carbocycles. The predicted octanol–water partition coefficient (Wildman–Crippen LogP) is 6.61. The van der Waals surface area contributed by atoms with Crippen molar-refractivity contribution in [1.82, 2.24) is 55.8 Å². The fourth-order valence-corrected chi connectivity index (χ4v) is 7.50. The van der Waals surface area contributed by atoms with Crippen LogP contribution in [0.5, 0.6) is 0 Å². The molecule has 2 fully saturated rings. The Morgan fingerprint density at radius 3 is 1.65 bits per heavy atom. The summed E-state index contributed by atoms with van der Waals surface area (Å²) in [5.41, 5.74) is 2.99. The van der Waals surface area contributed by atoms with Crippen LogP contribution in [0.25, 0.3) is 44.8 Å². The summed E-state index contributed by atoms with van der Waals surface area (Å²) in [5.74, 6) is 0.0276. The number of anilines is 2. The SMILES string of the molecule is CC(=O)N[C@@H]1CCCC[C@H]1Nc1nc(-c2c[nH]c3ncccc23)ncc1F.CCCNC(=O)NC1CCCCC1Nc1nc(-c2c[nH]c3ncccc23)ncc1F. The zero-order valence-corrected chi connectivity index (χ0v) is 31.9. The Morgan fingerprint density at radius 2 is 1.18 bits per heavy atom. The molecule has 7 N–H and O–H groups in total. The Bertz CT molecular complexity index is 2310. The largest absolute Gasteiger partial charge is 0.363 e. The number of hydrogen-bond acceptors (Lipinski definition) is 10. The van der Waals surface area contributed by atoms with Crippen LogP contribution >= 0.6 is 0 Å². The van der Waals surface area contributed by atoms with E-state index in [9.17, 15) is 18.4 Å². The number of hydrogen-bond donors (Lipinski definition) is 7. The van der Waals surface area contributed by atoms with Crippen LogP contribution in [0.2, 0.25) is 0 Å². The summed E-state index contributed by atoms with van der Waals surface area (Å²) in [6.45, 7) is 4.13. The van der Waals surface area contributed by atoms with E-state index in [1.807, 2.05) is 31.2 Å². The van der Waals surface area contributed by atoms with Gasteiger partial charge in [0.1, 0.15) is 11.3 Å². The number of nitrogens with one attached hydrogen (secondary N) is 7. The molecule has 0 aliphatic heterocycles. The topological polar surface area (TPSA) is 203 Å². The van der Waals surface area contributed by atoms with Crippen molar-refractivity contribution in [2.45, 2.75) is 95.8 Å². The molecule has 0 saturated heterocycles. The third kappa shape index (κ3) is 9.41. The fraction of sp³-hybridized carbons (Fsp3) is 0.400. The molecular formula is C40H47F2N13O2. The summed E-state index contributed by atoms with van der Waals surface area (Å²) in [5, 5.41) is 17.0. The fourth-order valence-electron chi connectivity index (χ4n) is 7.50. The molecule has 0 bridgehead atoms. The molecule has 0 spiro atoms. The van der Waals surface area contributed by atoms with E-state index in [0.29, 0.717) is 18.2 Å². The molecule has 0 radical (unpaired) electrons. The lowest BCUT2D eigenvalue weighted by Crippen LogP contribution is -2.51. The summed E-state index contributed by atoms with van der Waals surface area (Å²) in [7, 11) is 0. The van der Waals surface area contributed by atoms with E-state index in [-0.39, 0.29) is 47.7 Å². The minimum absolute atomic E-state index is 0.0358. The number of carbonyl (C=O) groups is 2. The van der Waals surface area contributed by atoms with Gasteiger partial charge < -0.3 is 36.6 Å². The average molecular weight is 780 g/mol. The molecular weight excluding hydrogens is 733 g/mol. The number of amides is 3. The van der Waals surface area contributed by atoms with Crippen molar-refractivity contribution in [3.05, 3.63) is 73.1 Å². The van der Waals surface area contributed by atoms with Gasteiger partial charge in [-0.3, -0.25) is 4.79 Å². The van der Waals surface area contributed by atoms with E-state index in [0.717, 1.165) is 91.0 Å². The van der Waals surface area contributed by atoms with Crippen molar-refractivity contribution < 1.29 is 18.4 Å². The molecule has 298 valence electrons. The summed E-state index contributed by atoms with van der Waals surface area (Å²) in [6, 6.07) is 7.03. The van der Waals surface area contributed by atoms with Gasteiger partial charge in [-0.15, -0.1) is 0 Å². The molecule has 2 unspecified atom stereocenters. The van der Waals surface area contributed by atoms with Gasteiger partial charge in [0.25, 0.3) is 0 Å². The Labute approximate surface area is 328 Å². The average Bonchev–Trinajstić information content (AvgIpc) is 3.85. The van der Waals surface area contributed by atoms with Gasteiger partial charge in [0.15, 0.2) is 34.9 Å². The second-order valence-corrected chi connectivity index (χ2v) is 14.4. The van der Waals surface area contributed by atoms with Crippen molar-refractivity contribution in [2.24, 2.45) is 0 Å². The first-order chi connectivity index (χ1) is 27.8. The molecule has 17 heteroatoms. The number of aromatic nitrogens is 8. The zero-order valence-electron chi connectivity index (χ0n) is 31.9. The number of pyridine rings is 2. The summed E-state index contributed by atoms with van der Waals surface area (Å²) in [6.07, 6.45) is 17.7. The maximum Gasteiger partial charge on any atom is 0.315 e. The maximum atomic E-state index is 14.5. The van der Waals surface area contributed by atoms with Crippen LogP contribution in [0, 0.1) is 11.6 Å². The molecule has 6 aromatic heterocycles. The number of halogens is 2. The van der Waals surface area contributed by atoms with Crippen molar-refractivity contribution in [3.8, 4) is 22.8 Å². The van der Waals surface area contributed by atoms with Crippen molar-refractivity contribution >= 4 is 45.6 Å². The Kier molecular flexibility index (Phi) is 12.4. The minimum atomic E-state index is -0.517. The molecule has 8 rings (SSSR count). The van der Waals surface area contributed by atoms with Crippen molar-refractivity contribution in [2.75, 3.05) is 17.2 Å². The first kappa shape index (κ1) is 39.0. The monoisotopic (exact) mass is 779 g/mol. The van der Waals surface area contributed by atoms with Crippen LogP contribution in [0.1, 0.15) is 71.6 Å². The number of carbonyl (C=O) groups excluding carboxylic acids is 2. The molecule has 57 heavy (non-hydrogen) atoms. The predicted molar refractivity (Wildman–Crippen MR) is 214 cm³/mol. The number of fused-ring (bicyclic) bond motifs is 2. The number of urea groups is 1. The lowest BCUT2D eigenvalue weighted by molar-refractivity contribution is -0.119. The van der Waals surface area contributed by atoms with Gasteiger partial charge in [-0.1, -0.05) is 32.6 Å². The highest BCUT2D eigenvalue weighted by atomic mass is 19.1. The minimum Gasteiger partial charge on any atom is -0.363 e. The number of nitrogens with zero attached hydrogens (tertiary/aromatic N) is 6. The van der Waals surface area contributed by atoms with E-state index >= 15 is 0 Å². The first-order valence-electron chi connectivity index (χ1n) is 19.5. The molecule has 2 aliphatic rings. The summed E-state index contributed by atoms with van der Waals surface area (Å²) < 4.78 is 28.9. The van der Waals surface area contributed by atoms with Gasteiger partial charge in [0.2, 0.25) is 5.91 Å². The second-order valence-electron chi connectivity index (χ2n) is 14.4. The first-order valence-corrected chi connectivity index (χ1v) is 19.5. The van der Waals surface area contributed by atoms with Gasteiger partial charge in [0, 0.05) is 78.3 Å². The van der Waals surface area contributed by atoms with E-state index in [1.54, 1.807) is 24.8 Å². The third-order valence-electron chi connectivity index (χ3n) is 10.3. The van der Waals surface area contributed by atoms with Gasteiger partial charge >= 0.3 is 6.03 Å². The van der Waals surface area contributed by atoms with E-state index in [4.69, 9.17) is 0 Å². The van der Waals surface area contributed by atoms with Crippen molar-refractivity contribution in [3.63, 3.8) is 0 Å². The van der Waals surface area contributed by atoms with Gasteiger partial charge in [0.05, 0.1) is 18.4 Å². The van der Waals surface area contributed by atoms with E-state index in [2.05, 4.69) is 66.5 Å². The lowest BCUT2D eigenvalue weighted by atomic mass is 9.90.